The molecule has 18 heavy (non-hydrogen) atoms. The van der Waals surface area contributed by atoms with E-state index in [4.69, 9.17) is 4.74 Å². The number of rotatable bonds is 6. The first-order valence-electron chi connectivity index (χ1n) is 5.89. The van der Waals surface area contributed by atoms with Crippen molar-refractivity contribution in [3.05, 3.63) is 29.6 Å². The van der Waals surface area contributed by atoms with E-state index in [1.54, 1.807) is 6.07 Å². The minimum absolute atomic E-state index is 0.0281. The van der Waals surface area contributed by atoms with Crippen LogP contribution < -0.4 is 15.4 Å². The molecule has 0 aliphatic rings. The normalized spacial score (nSPS) is 10.5. The summed E-state index contributed by atoms with van der Waals surface area (Å²) in [4.78, 5) is 11.7. The number of carbonyl (C=O) groups excluding carboxylic acids is 1. The third-order valence-corrected chi connectivity index (χ3v) is 2.38. The van der Waals surface area contributed by atoms with Crippen molar-refractivity contribution in [1.82, 2.24) is 10.6 Å². The van der Waals surface area contributed by atoms with E-state index < -0.39 is 11.7 Å². The number of carbonyl (C=O) groups is 1. The minimum atomic E-state index is -0.580. The van der Waals surface area contributed by atoms with Crippen molar-refractivity contribution in [3.8, 4) is 5.75 Å². The molecule has 0 aromatic heterocycles. The lowest BCUT2D eigenvalue weighted by Gasteiger charge is -2.10. The summed E-state index contributed by atoms with van der Waals surface area (Å²) in [5.74, 6) is -0.602. The van der Waals surface area contributed by atoms with Gasteiger partial charge in [-0.1, -0.05) is 13.8 Å². The molecule has 0 heterocycles. The molecule has 2 N–H and O–H groups in total. The fraction of sp³-hybridized carbons (Fsp3) is 0.462. The highest BCUT2D eigenvalue weighted by atomic mass is 19.1. The lowest BCUT2D eigenvalue weighted by Crippen LogP contribution is -2.34. The van der Waals surface area contributed by atoms with Gasteiger partial charge in [-0.15, -0.1) is 0 Å². The zero-order chi connectivity index (χ0) is 13.5. The Labute approximate surface area is 107 Å². The smallest absolute Gasteiger partial charge is 0.254 e. The second kappa shape index (κ2) is 6.96. The Kier molecular flexibility index (Phi) is 5.58. The van der Waals surface area contributed by atoms with Crippen LogP contribution in [0.25, 0.3) is 0 Å². The third kappa shape index (κ3) is 4.33. The maximum Gasteiger partial charge on any atom is 0.254 e. The quantitative estimate of drug-likeness (QED) is 0.757. The molecule has 0 atom stereocenters. The van der Waals surface area contributed by atoms with Gasteiger partial charge < -0.3 is 15.4 Å². The summed E-state index contributed by atoms with van der Waals surface area (Å²) in [5, 5.41) is 5.81. The van der Waals surface area contributed by atoms with Gasteiger partial charge in [0.05, 0.1) is 12.7 Å². The molecule has 100 valence electrons. The Morgan fingerprint density at radius 3 is 2.67 bits per heavy atom. The molecule has 0 aliphatic carbocycles. The Balaban J connectivity index is 2.51. The van der Waals surface area contributed by atoms with Crippen LogP contribution in [0.15, 0.2) is 18.2 Å². The predicted octanol–water partition coefficient (Wildman–Crippen LogP) is 1.56. The number of methoxy groups -OCH3 is 1. The van der Waals surface area contributed by atoms with Crippen LogP contribution in [0, 0.1) is 5.82 Å². The first kappa shape index (κ1) is 14.4. The van der Waals surface area contributed by atoms with Gasteiger partial charge in [0.1, 0.15) is 11.6 Å². The molecule has 0 aliphatic heterocycles. The van der Waals surface area contributed by atoms with Crippen molar-refractivity contribution in [2.45, 2.75) is 19.9 Å². The van der Waals surface area contributed by atoms with Gasteiger partial charge >= 0.3 is 0 Å². The predicted molar refractivity (Wildman–Crippen MR) is 68.4 cm³/mol. The summed E-state index contributed by atoms with van der Waals surface area (Å²) in [6, 6.07) is 4.53. The van der Waals surface area contributed by atoms with Crippen LogP contribution in [0.3, 0.4) is 0 Å². The van der Waals surface area contributed by atoms with Gasteiger partial charge in [0.25, 0.3) is 5.91 Å². The number of hydrogen-bond acceptors (Lipinski definition) is 3. The average molecular weight is 254 g/mol. The zero-order valence-electron chi connectivity index (χ0n) is 10.9. The molecule has 1 amide bonds. The van der Waals surface area contributed by atoms with Gasteiger partial charge in [-0.2, -0.15) is 0 Å². The molecule has 0 bridgehead atoms. The molecule has 0 unspecified atom stereocenters. The van der Waals surface area contributed by atoms with Crippen LogP contribution in [0.4, 0.5) is 4.39 Å². The van der Waals surface area contributed by atoms with Crippen LogP contribution in [0.5, 0.6) is 5.75 Å². The van der Waals surface area contributed by atoms with Crippen molar-refractivity contribution >= 4 is 5.91 Å². The van der Waals surface area contributed by atoms with Crippen LogP contribution in [-0.2, 0) is 0 Å². The highest BCUT2D eigenvalue weighted by Crippen LogP contribution is 2.15. The molecular formula is C13H19FN2O2. The number of ether oxygens (including phenoxy) is 1. The summed E-state index contributed by atoms with van der Waals surface area (Å²) in [5.41, 5.74) is 0.0281. The van der Waals surface area contributed by atoms with E-state index in [0.29, 0.717) is 24.9 Å². The van der Waals surface area contributed by atoms with E-state index >= 15 is 0 Å². The molecular weight excluding hydrogens is 235 g/mol. The number of nitrogens with one attached hydrogen (secondary N) is 2. The lowest BCUT2D eigenvalue weighted by atomic mass is 10.2. The fourth-order valence-corrected chi connectivity index (χ4v) is 1.44. The molecule has 1 aromatic rings. The summed E-state index contributed by atoms with van der Waals surface area (Å²) < 4.78 is 18.4. The standard InChI is InChI=1S/C13H19FN2O2/c1-9(2)15-6-7-16-13(17)11-5-4-10(18-3)8-12(11)14/h4-5,8-9,15H,6-7H2,1-3H3,(H,16,17). The Hall–Kier alpha value is -1.62. The number of halogens is 1. The van der Waals surface area contributed by atoms with Crippen molar-refractivity contribution in [1.29, 1.82) is 0 Å². The van der Waals surface area contributed by atoms with Crippen LogP contribution in [0.2, 0.25) is 0 Å². The van der Waals surface area contributed by atoms with E-state index in [2.05, 4.69) is 10.6 Å². The van der Waals surface area contributed by atoms with Gasteiger partial charge in [0, 0.05) is 25.2 Å². The van der Waals surface area contributed by atoms with E-state index in [1.165, 1.54) is 19.2 Å². The zero-order valence-corrected chi connectivity index (χ0v) is 10.9. The second-order valence-corrected chi connectivity index (χ2v) is 4.21. The Morgan fingerprint density at radius 2 is 2.11 bits per heavy atom. The summed E-state index contributed by atoms with van der Waals surface area (Å²) in [6.45, 7) is 5.15. The van der Waals surface area contributed by atoms with Crippen molar-refractivity contribution in [2.24, 2.45) is 0 Å². The van der Waals surface area contributed by atoms with Crippen molar-refractivity contribution in [3.63, 3.8) is 0 Å². The molecule has 4 nitrogen and oxygen atoms in total. The van der Waals surface area contributed by atoms with Gasteiger partial charge in [-0.3, -0.25) is 4.79 Å². The van der Waals surface area contributed by atoms with Crippen LogP contribution in [0.1, 0.15) is 24.2 Å². The monoisotopic (exact) mass is 254 g/mol. The summed E-state index contributed by atoms with van der Waals surface area (Å²) >= 11 is 0. The topological polar surface area (TPSA) is 50.4 Å². The first-order valence-corrected chi connectivity index (χ1v) is 5.89. The lowest BCUT2D eigenvalue weighted by molar-refractivity contribution is 0.0949. The average Bonchev–Trinajstić information content (AvgIpc) is 2.33. The summed E-state index contributed by atoms with van der Waals surface area (Å²) in [7, 11) is 1.45. The van der Waals surface area contributed by atoms with Gasteiger partial charge in [0.15, 0.2) is 0 Å². The van der Waals surface area contributed by atoms with Gasteiger partial charge in [-0.25, -0.2) is 4.39 Å². The molecule has 0 radical (unpaired) electrons. The van der Waals surface area contributed by atoms with Crippen molar-refractivity contribution in [2.75, 3.05) is 20.2 Å². The highest BCUT2D eigenvalue weighted by molar-refractivity contribution is 5.94. The van der Waals surface area contributed by atoms with Gasteiger partial charge in [0.2, 0.25) is 0 Å². The Morgan fingerprint density at radius 1 is 1.39 bits per heavy atom. The fourth-order valence-electron chi connectivity index (χ4n) is 1.44. The second-order valence-electron chi connectivity index (χ2n) is 4.21. The van der Waals surface area contributed by atoms with E-state index in [9.17, 15) is 9.18 Å². The molecule has 5 heteroatoms. The largest absolute Gasteiger partial charge is 0.497 e. The maximum absolute atomic E-state index is 13.6. The Bertz CT molecular complexity index is 408. The maximum atomic E-state index is 13.6. The molecule has 1 rings (SSSR count). The van der Waals surface area contributed by atoms with E-state index in [0.717, 1.165) is 0 Å². The molecule has 0 fully saturated rings. The molecule has 1 aromatic carbocycles. The summed E-state index contributed by atoms with van der Waals surface area (Å²) in [6.07, 6.45) is 0. The van der Waals surface area contributed by atoms with Crippen LogP contribution >= 0.6 is 0 Å². The SMILES string of the molecule is COc1ccc(C(=O)NCCNC(C)C)c(F)c1. The molecule has 0 saturated heterocycles. The number of benzene rings is 1. The van der Waals surface area contributed by atoms with E-state index in [1.807, 2.05) is 13.8 Å². The number of amides is 1. The molecule has 0 saturated carbocycles. The number of hydrogen-bond donors (Lipinski definition) is 2. The van der Waals surface area contributed by atoms with Gasteiger partial charge in [-0.05, 0) is 12.1 Å². The van der Waals surface area contributed by atoms with Crippen molar-refractivity contribution < 1.29 is 13.9 Å². The highest BCUT2D eigenvalue weighted by Gasteiger charge is 2.11. The minimum Gasteiger partial charge on any atom is -0.497 e. The van der Waals surface area contributed by atoms with Crippen LogP contribution in [-0.4, -0.2) is 32.1 Å². The first-order chi connectivity index (χ1) is 8.54. The third-order valence-electron chi connectivity index (χ3n) is 2.38. The van der Waals surface area contributed by atoms with E-state index in [-0.39, 0.29) is 5.56 Å². The molecule has 0 spiro atoms.